The minimum absolute atomic E-state index is 0.251. The molecule has 2 aromatic rings. The van der Waals surface area contributed by atoms with Gasteiger partial charge in [-0.25, -0.2) is 4.98 Å². The van der Waals surface area contributed by atoms with Gasteiger partial charge in [0.15, 0.2) is 5.82 Å². The van der Waals surface area contributed by atoms with Crippen molar-refractivity contribution in [2.45, 2.75) is 31.2 Å². The summed E-state index contributed by atoms with van der Waals surface area (Å²) >= 11 is 0. The molecule has 1 aliphatic heterocycles. The molecular formula is C15H15F3N4O2. The van der Waals surface area contributed by atoms with Crippen molar-refractivity contribution in [2.75, 3.05) is 6.61 Å². The van der Waals surface area contributed by atoms with Gasteiger partial charge < -0.3 is 10.1 Å². The third-order valence-corrected chi connectivity index (χ3v) is 3.76. The van der Waals surface area contributed by atoms with E-state index in [1.165, 1.54) is 18.5 Å². The molecule has 24 heavy (non-hydrogen) atoms. The molecule has 1 aromatic heterocycles. The Labute approximate surface area is 135 Å². The molecule has 0 bridgehead atoms. The SMILES string of the molecule is O=C(N[C@@H](c1cccc(C(F)(F)F)c1)c1ncn[nH]1)[C@@H]1CCCO1. The van der Waals surface area contributed by atoms with Crippen molar-refractivity contribution in [3.63, 3.8) is 0 Å². The monoisotopic (exact) mass is 340 g/mol. The van der Waals surface area contributed by atoms with Crippen molar-refractivity contribution in [2.24, 2.45) is 0 Å². The molecule has 0 unspecified atom stereocenters. The van der Waals surface area contributed by atoms with Crippen LogP contribution in [-0.2, 0) is 15.7 Å². The van der Waals surface area contributed by atoms with E-state index in [-0.39, 0.29) is 17.3 Å². The van der Waals surface area contributed by atoms with E-state index in [0.717, 1.165) is 18.6 Å². The fourth-order valence-corrected chi connectivity index (χ4v) is 2.58. The number of halogens is 3. The summed E-state index contributed by atoms with van der Waals surface area (Å²) in [5.41, 5.74) is -0.538. The molecule has 2 atom stereocenters. The summed E-state index contributed by atoms with van der Waals surface area (Å²) in [6.07, 6.45) is -2.48. The van der Waals surface area contributed by atoms with Gasteiger partial charge in [0.1, 0.15) is 18.5 Å². The summed E-state index contributed by atoms with van der Waals surface area (Å²) < 4.78 is 44.1. The number of hydrogen-bond donors (Lipinski definition) is 2. The number of H-pyrrole nitrogens is 1. The van der Waals surface area contributed by atoms with Crippen molar-refractivity contribution in [3.8, 4) is 0 Å². The second-order valence-electron chi connectivity index (χ2n) is 5.44. The second kappa shape index (κ2) is 6.60. The van der Waals surface area contributed by atoms with E-state index in [4.69, 9.17) is 4.74 Å². The summed E-state index contributed by atoms with van der Waals surface area (Å²) in [7, 11) is 0. The fourth-order valence-electron chi connectivity index (χ4n) is 2.58. The molecule has 1 aliphatic rings. The maximum Gasteiger partial charge on any atom is 0.416 e. The van der Waals surface area contributed by atoms with Crippen molar-refractivity contribution in [1.29, 1.82) is 0 Å². The molecule has 1 amide bonds. The molecule has 128 valence electrons. The number of nitrogens with zero attached hydrogens (tertiary/aromatic N) is 2. The first-order valence-corrected chi connectivity index (χ1v) is 7.39. The molecule has 1 aromatic carbocycles. The van der Waals surface area contributed by atoms with Crippen molar-refractivity contribution < 1.29 is 22.7 Å². The number of nitrogens with one attached hydrogen (secondary N) is 2. The van der Waals surface area contributed by atoms with Gasteiger partial charge in [0, 0.05) is 6.61 Å². The van der Waals surface area contributed by atoms with E-state index in [1.807, 2.05) is 0 Å². The first-order chi connectivity index (χ1) is 11.4. The number of benzene rings is 1. The molecule has 0 spiro atoms. The van der Waals surface area contributed by atoms with Crippen molar-refractivity contribution in [1.82, 2.24) is 20.5 Å². The van der Waals surface area contributed by atoms with E-state index in [0.29, 0.717) is 13.0 Å². The Bertz CT molecular complexity index is 697. The van der Waals surface area contributed by atoms with Crippen LogP contribution in [0.1, 0.15) is 35.8 Å². The second-order valence-corrected chi connectivity index (χ2v) is 5.44. The Kier molecular flexibility index (Phi) is 4.52. The lowest BCUT2D eigenvalue weighted by Crippen LogP contribution is -2.37. The highest BCUT2D eigenvalue weighted by atomic mass is 19.4. The topological polar surface area (TPSA) is 79.9 Å². The van der Waals surface area contributed by atoms with Crippen LogP contribution in [0.5, 0.6) is 0 Å². The number of aromatic nitrogens is 3. The molecule has 3 rings (SSSR count). The smallest absolute Gasteiger partial charge is 0.368 e. The van der Waals surface area contributed by atoms with Crippen LogP contribution in [0.3, 0.4) is 0 Å². The Morgan fingerprint density at radius 2 is 2.25 bits per heavy atom. The Morgan fingerprint density at radius 3 is 2.88 bits per heavy atom. The predicted molar refractivity (Wildman–Crippen MR) is 76.8 cm³/mol. The number of aromatic amines is 1. The number of carbonyl (C=O) groups is 1. The van der Waals surface area contributed by atoms with Crippen LogP contribution < -0.4 is 5.32 Å². The third-order valence-electron chi connectivity index (χ3n) is 3.76. The first kappa shape index (κ1) is 16.4. The third kappa shape index (κ3) is 3.56. The minimum Gasteiger partial charge on any atom is -0.368 e. The number of rotatable bonds is 4. The zero-order chi connectivity index (χ0) is 17.2. The number of amides is 1. The normalized spacial score (nSPS) is 19.2. The number of alkyl halides is 3. The standard InChI is InChI=1S/C15H15F3N4O2/c16-15(17,18)10-4-1-3-9(7-10)12(13-19-8-20-22-13)21-14(23)11-5-2-6-24-11/h1,3-4,7-8,11-12H,2,5-6H2,(H,21,23)(H,19,20,22)/t11-,12-/m0/s1. The van der Waals surface area contributed by atoms with Crippen molar-refractivity contribution >= 4 is 5.91 Å². The molecule has 0 aliphatic carbocycles. The summed E-state index contributed by atoms with van der Waals surface area (Å²) in [5.74, 6) is -0.132. The molecule has 6 nitrogen and oxygen atoms in total. The predicted octanol–water partition coefficient (Wildman–Crippen LogP) is 2.21. The molecular weight excluding hydrogens is 325 g/mol. The average molecular weight is 340 g/mol. The maximum absolute atomic E-state index is 12.9. The minimum atomic E-state index is -4.47. The van der Waals surface area contributed by atoms with E-state index in [9.17, 15) is 18.0 Å². The first-order valence-electron chi connectivity index (χ1n) is 7.39. The van der Waals surface area contributed by atoms with Crippen LogP contribution in [0, 0.1) is 0 Å². The van der Waals surface area contributed by atoms with Gasteiger partial charge in [-0.1, -0.05) is 12.1 Å². The van der Waals surface area contributed by atoms with Crippen LogP contribution in [0.15, 0.2) is 30.6 Å². The summed E-state index contributed by atoms with van der Waals surface area (Å²) in [5, 5.41) is 8.99. The van der Waals surface area contributed by atoms with E-state index in [2.05, 4.69) is 20.5 Å². The van der Waals surface area contributed by atoms with E-state index in [1.54, 1.807) is 0 Å². The van der Waals surface area contributed by atoms with Crippen molar-refractivity contribution in [3.05, 3.63) is 47.5 Å². The highest BCUT2D eigenvalue weighted by Crippen LogP contribution is 2.31. The lowest BCUT2D eigenvalue weighted by molar-refractivity contribution is -0.137. The highest BCUT2D eigenvalue weighted by Gasteiger charge is 2.32. The molecule has 0 radical (unpaired) electrons. The van der Waals surface area contributed by atoms with Crippen LogP contribution in [0.2, 0.25) is 0 Å². The van der Waals surface area contributed by atoms with Gasteiger partial charge in [-0.2, -0.15) is 18.3 Å². The van der Waals surface area contributed by atoms with Crippen LogP contribution in [0.25, 0.3) is 0 Å². The fraction of sp³-hybridized carbons (Fsp3) is 0.400. The molecule has 0 saturated carbocycles. The van der Waals surface area contributed by atoms with Gasteiger partial charge in [0.2, 0.25) is 5.91 Å². The van der Waals surface area contributed by atoms with E-state index < -0.39 is 23.9 Å². The van der Waals surface area contributed by atoms with Gasteiger partial charge >= 0.3 is 6.18 Å². The molecule has 2 heterocycles. The quantitative estimate of drug-likeness (QED) is 0.894. The molecule has 1 fully saturated rings. The number of carbonyl (C=O) groups excluding carboxylic acids is 1. The van der Waals surface area contributed by atoms with Gasteiger partial charge in [-0.15, -0.1) is 0 Å². The number of ether oxygens (including phenoxy) is 1. The molecule has 9 heteroatoms. The lowest BCUT2D eigenvalue weighted by atomic mass is 10.0. The number of hydrogen-bond acceptors (Lipinski definition) is 4. The maximum atomic E-state index is 12.9. The molecule has 1 saturated heterocycles. The van der Waals surface area contributed by atoms with Crippen LogP contribution in [0.4, 0.5) is 13.2 Å². The highest BCUT2D eigenvalue weighted by molar-refractivity contribution is 5.81. The Hall–Kier alpha value is -2.42. The van der Waals surface area contributed by atoms with Crippen LogP contribution >= 0.6 is 0 Å². The Balaban J connectivity index is 1.89. The van der Waals surface area contributed by atoms with Crippen LogP contribution in [-0.4, -0.2) is 33.8 Å². The van der Waals surface area contributed by atoms with E-state index >= 15 is 0 Å². The largest absolute Gasteiger partial charge is 0.416 e. The zero-order valence-corrected chi connectivity index (χ0v) is 12.5. The zero-order valence-electron chi connectivity index (χ0n) is 12.5. The average Bonchev–Trinajstić information content (AvgIpc) is 3.25. The molecule has 2 N–H and O–H groups in total. The van der Waals surface area contributed by atoms with Gasteiger partial charge in [-0.3, -0.25) is 9.89 Å². The summed E-state index contributed by atoms with van der Waals surface area (Å²) in [6.45, 7) is 0.495. The van der Waals surface area contributed by atoms with Gasteiger partial charge in [0.25, 0.3) is 0 Å². The summed E-state index contributed by atoms with van der Waals surface area (Å²) in [6, 6.07) is 3.88. The Morgan fingerprint density at radius 1 is 1.42 bits per heavy atom. The van der Waals surface area contributed by atoms with Gasteiger partial charge in [-0.05, 0) is 30.5 Å². The summed E-state index contributed by atoms with van der Waals surface area (Å²) in [4.78, 5) is 16.2. The van der Waals surface area contributed by atoms with Gasteiger partial charge in [0.05, 0.1) is 5.56 Å². The lowest BCUT2D eigenvalue weighted by Gasteiger charge is -2.20.